The average molecular weight is 325 g/mol. The van der Waals surface area contributed by atoms with E-state index in [4.69, 9.17) is 5.11 Å². The van der Waals surface area contributed by atoms with Crippen LogP contribution in [0.5, 0.6) is 0 Å². The third-order valence-corrected chi connectivity index (χ3v) is 4.26. The Labute approximate surface area is 123 Å². The molecule has 0 aliphatic heterocycles. The summed E-state index contributed by atoms with van der Waals surface area (Å²) in [6.07, 6.45) is 0. The smallest absolute Gasteiger partial charge is 0.335 e. The first-order valence-corrected chi connectivity index (χ1v) is 7.38. The lowest BCUT2D eigenvalue weighted by atomic mass is 10.2. The number of carboxylic acids is 1. The minimum absolute atomic E-state index is 0.0129. The topological polar surface area (TPSA) is 149 Å². The monoisotopic (exact) mass is 325 g/mol. The molecule has 0 fully saturated rings. The highest BCUT2D eigenvalue weighted by atomic mass is 32.2. The number of aryl methyl sites for hydroxylation is 1. The fourth-order valence-electron chi connectivity index (χ4n) is 1.80. The SMILES string of the molecule is Cc1[nH]c(=O)[nH]c(=O)c1S(=O)(=O)Nc1ccc(C(=O)O)cc1. The Bertz CT molecular complexity index is 940. The van der Waals surface area contributed by atoms with Crippen LogP contribution in [-0.4, -0.2) is 29.5 Å². The van der Waals surface area contributed by atoms with Crippen LogP contribution in [-0.2, 0) is 10.0 Å². The molecule has 9 nitrogen and oxygen atoms in total. The van der Waals surface area contributed by atoms with Crippen LogP contribution in [0.1, 0.15) is 16.1 Å². The van der Waals surface area contributed by atoms with Gasteiger partial charge < -0.3 is 10.1 Å². The van der Waals surface area contributed by atoms with Crippen molar-refractivity contribution < 1.29 is 18.3 Å². The van der Waals surface area contributed by atoms with Crippen LogP contribution in [0.2, 0.25) is 0 Å². The lowest BCUT2D eigenvalue weighted by molar-refractivity contribution is 0.0697. The van der Waals surface area contributed by atoms with Crippen LogP contribution in [0, 0.1) is 6.92 Å². The van der Waals surface area contributed by atoms with Crippen molar-refractivity contribution in [3.8, 4) is 0 Å². The first kappa shape index (κ1) is 15.5. The molecule has 2 aromatic rings. The van der Waals surface area contributed by atoms with Crippen molar-refractivity contribution in [3.05, 3.63) is 56.4 Å². The fraction of sp³-hybridized carbons (Fsp3) is 0.0833. The number of hydrogen-bond acceptors (Lipinski definition) is 5. The highest BCUT2D eigenvalue weighted by Crippen LogP contribution is 2.15. The van der Waals surface area contributed by atoms with Crippen LogP contribution in [0.3, 0.4) is 0 Å². The summed E-state index contributed by atoms with van der Waals surface area (Å²) >= 11 is 0. The van der Waals surface area contributed by atoms with Gasteiger partial charge in [-0.05, 0) is 31.2 Å². The number of hydrogen-bond donors (Lipinski definition) is 4. The molecule has 22 heavy (non-hydrogen) atoms. The van der Waals surface area contributed by atoms with Gasteiger partial charge in [0.1, 0.15) is 0 Å². The number of benzene rings is 1. The number of aromatic amines is 2. The predicted molar refractivity (Wildman–Crippen MR) is 76.6 cm³/mol. The van der Waals surface area contributed by atoms with Crippen LogP contribution in [0.25, 0.3) is 0 Å². The summed E-state index contributed by atoms with van der Waals surface area (Å²) in [6, 6.07) is 4.92. The van der Waals surface area contributed by atoms with E-state index in [1.165, 1.54) is 31.2 Å². The molecule has 1 heterocycles. The van der Waals surface area contributed by atoms with Crippen LogP contribution in [0.15, 0.2) is 38.8 Å². The van der Waals surface area contributed by atoms with E-state index in [0.717, 1.165) is 0 Å². The van der Waals surface area contributed by atoms with Gasteiger partial charge in [-0.15, -0.1) is 0 Å². The quantitative estimate of drug-likeness (QED) is 0.615. The Morgan fingerprint density at radius 1 is 1.14 bits per heavy atom. The van der Waals surface area contributed by atoms with Crippen LogP contribution >= 0.6 is 0 Å². The van der Waals surface area contributed by atoms with Crippen molar-refractivity contribution in [2.45, 2.75) is 11.8 Å². The number of sulfonamides is 1. The zero-order valence-electron chi connectivity index (χ0n) is 11.2. The molecule has 0 radical (unpaired) electrons. The molecule has 0 saturated heterocycles. The molecule has 10 heteroatoms. The summed E-state index contributed by atoms with van der Waals surface area (Å²) in [6.45, 7) is 1.28. The second-order valence-electron chi connectivity index (χ2n) is 4.35. The third kappa shape index (κ3) is 3.06. The second-order valence-corrected chi connectivity index (χ2v) is 5.97. The Hall–Kier alpha value is -2.88. The minimum atomic E-state index is -4.24. The van der Waals surface area contributed by atoms with Gasteiger partial charge in [-0.3, -0.25) is 14.5 Å². The maximum atomic E-state index is 12.2. The molecule has 2 rings (SSSR count). The summed E-state index contributed by atoms with van der Waals surface area (Å²) in [5.74, 6) is -1.15. The van der Waals surface area contributed by atoms with Gasteiger partial charge in [0.25, 0.3) is 15.6 Å². The second kappa shape index (κ2) is 5.48. The van der Waals surface area contributed by atoms with Gasteiger partial charge in [-0.1, -0.05) is 0 Å². The Morgan fingerprint density at radius 2 is 1.73 bits per heavy atom. The zero-order chi connectivity index (χ0) is 16.5. The number of carbonyl (C=O) groups is 1. The van der Waals surface area contributed by atoms with E-state index in [2.05, 4.69) is 9.71 Å². The number of aromatic carboxylic acids is 1. The molecule has 116 valence electrons. The van der Waals surface area contributed by atoms with Crippen molar-refractivity contribution in [2.24, 2.45) is 0 Å². The van der Waals surface area contributed by atoms with Crippen molar-refractivity contribution >= 4 is 21.7 Å². The number of anilines is 1. The van der Waals surface area contributed by atoms with E-state index in [0.29, 0.717) is 0 Å². The summed E-state index contributed by atoms with van der Waals surface area (Å²) in [4.78, 5) is 36.9. The molecule has 0 atom stereocenters. The Kier molecular flexibility index (Phi) is 3.87. The Balaban J connectivity index is 2.42. The maximum absolute atomic E-state index is 12.2. The predicted octanol–water partition coefficient (Wildman–Crippen LogP) is -0.129. The van der Waals surface area contributed by atoms with E-state index >= 15 is 0 Å². The molecular formula is C12H11N3O6S. The van der Waals surface area contributed by atoms with Gasteiger partial charge in [0.05, 0.1) is 5.56 Å². The number of nitrogens with one attached hydrogen (secondary N) is 3. The first-order valence-electron chi connectivity index (χ1n) is 5.90. The minimum Gasteiger partial charge on any atom is -0.478 e. The van der Waals surface area contributed by atoms with Crippen molar-refractivity contribution in [3.63, 3.8) is 0 Å². The molecule has 0 aliphatic carbocycles. The van der Waals surface area contributed by atoms with E-state index in [-0.39, 0.29) is 16.9 Å². The molecule has 0 unspecified atom stereocenters. The van der Waals surface area contributed by atoms with Crippen molar-refractivity contribution in [1.82, 2.24) is 9.97 Å². The number of aromatic nitrogens is 2. The number of rotatable bonds is 4. The average Bonchev–Trinajstić information content (AvgIpc) is 2.36. The van der Waals surface area contributed by atoms with E-state index in [1.54, 1.807) is 0 Å². The summed E-state index contributed by atoms with van der Waals surface area (Å²) in [5.41, 5.74) is -1.90. The van der Waals surface area contributed by atoms with Gasteiger partial charge in [-0.25, -0.2) is 18.0 Å². The fourth-order valence-corrected chi connectivity index (χ4v) is 3.10. The molecule has 1 aromatic carbocycles. The van der Waals surface area contributed by atoms with Gasteiger partial charge >= 0.3 is 11.7 Å². The maximum Gasteiger partial charge on any atom is 0.335 e. The molecule has 0 aliphatic rings. The van der Waals surface area contributed by atoms with Crippen LogP contribution < -0.4 is 16.0 Å². The first-order chi connectivity index (χ1) is 10.2. The van der Waals surface area contributed by atoms with Gasteiger partial charge in [0.15, 0.2) is 4.90 Å². The largest absolute Gasteiger partial charge is 0.478 e. The zero-order valence-corrected chi connectivity index (χ0v) is 12.0. The molecule has 4 N–H and O–H groups in total. The molecule has 1 aromatic heterocycles. The molecule has 0 amide bonds. The van der Waals surface area contributed by atoms with Gasteiger partial charge in [0.2, 0.25) is 0 Å². The van der Waals surface area contributed by atoms with E-state index < -0.39 is 32.1 Å². The van der Waals surface area contributed by atoms with Crippen molar-refractivity contribution in [2.75, 3.05) is 4.72 Å². The molecule has 0 spiro atoms. The Morgan fingerprint density at radius 3 is 2.23 bits per heavy atom. The lowest BCUT2D eigenvalue weighted by Crippen LogP contribution is -2.31. The van der Waals surface area contributed by atoms with Crippen molar-refractivity contribution in [1.29, 1.82) is 0 Å². The van der Waals surface area contributed by atoms with E-state index in [9.17, 15) is 22.8 Å². The normalized spacial score (nSPS) is 11.1. The molecule has 0 saturated carbocycles. The highest BCUT2D eigenvalue weighted by Gasteiger charge is 2.22. The standard InChI is InChI=1S/C12H11N3O6S/c1-6-9(10(16)14-12(19)13-6)22(20,21)15-8-4-2-7(3-5-8)11(17)18/h2-5,15H,1H3,(H,17,18)(H2,13,14,16,19). The van der Waals surface area contributed by atoms with Gasteiger partial charge in [-0.2, -0.15) is 0 Å². The summed E-state index contributed by atoms with van der Waals surface area (Å²) < 4.78 is 26.5. The van der Waals surface area contributed by atoms with E-state index in [1.807, 2.05) is 4.98 Å². The third-order valence-electron chi connectivity index (χ3n) is 2.73. The lowest BCUT2D eigenvalue weighted by Gasteiger charge is -2.09. The van der Waals surface area contributed by atoms with Crippen LogP contribution in [0.4, 0.5) is 5.69 Å². The number of H-pyrrole nitrogens is 2. The molecule has 0 bridgehead atoms. The molecular weight excluding hydrogens is 314 g/mol. The summed E-state index contributed by atoms with van der Waals surface area (Å²) in [5, 5.41) is 8.77. The van der Waals surface area contributed by atoms with Gasteiger partial charge in [0, 0.05) is 11.4 Å². The summed E-state index contributed by atoms with van der Waals surface area (Å²) in [7, 11) is -4.24. The highest BCUT2D eigenvalue weighted by molar-refractivity contribution is 7.92. The number of carboxylic acid groups (broad SMARTS) is 1.